The van der Waals surface area contributed by atoms with Crippen molar-refractivity contribution in [2.24, 2.45) is 14.1 Å². The van der Waals surface area contributed by atoms with Crippen LogP contribution < -0.4 is 21.5 Å². The number of rotatable bonds is 7. The highest BCUT2D eigenvalue weighted by molar-refractivity contribution is 5.50. The van der Waals surface area contributed by atoms with Gasteiger partial charge in [0.1, 0.15) is 5.82 Å². The van der Waals surface area contributed by atoms with Crippen molar-refractivity contribution in [1.29, 1.82) is 0 Å². The summed E-state index contributed by atoms with van der Waals surface area (Å²) in [5.74, 6) is -0.0181. The van der Waals surface area contributed by atoms with Gasteiger partial charge in [-0.25, -0.2) is 9.18 Å². The Morgan fingerprint density at radius 3 is 2.43 bits per heavy atom. The molecule has 0 atom stereocenters. The molecule has 0 unspecified atom stereocenters. The Kier molecular flexibility index (Phi) is 6.50. The van der Waals surface area contributed by atoms with E-state index >= 15 is 0 Å². The van der Waals surface area contributed by atoms with Crippen LogP contribution in [0.5, 0.6) is 0 Å². The molecule has 10 nitrogen and oxygen atoms in total. The summed E-state index contributed by atoms with van der Waals surface area (Å²) in [5, 5.41) is 13.6. The first-order chi connectivity index (χ1) is 14.3. The number of nitrogens with zero attached hydrogens (tertiary/aromatic N) is 5. The first-order valence-electron chi connectivity index (χ1n) is 9.70. The maximum Gasteiger partial charge on any atom is 0.332 e. The molecule has 162 valence electrons. The maximum atomic E-state index is 13.9. The standard InChI is InChI=1S/C19H25FN6O4/c1-22-17(13-18(27)23(2)19(22)28)25-10-8-24(9-11-25)7-3-6-21-16-5-4-14(26(29)30)12-15(16)20/h4-5,12-13,21H,3,6-11H2,1-2H3. The summed E-state index contributed by atoms with van der Waals surface area (Å²) in [6.45, 7) is 4.32. The first kappa shape index (κ1) is 21.5. The molecule has 1 aliphatic heterocycles. The van der Waals surface area contributed by atoms with Gasteiger partial charge in [0.25, 0.3) is 11.2 Å². The average Bonchev–Trinajstić information content (AvgIpc) is 2.73. The Hall–Kier alpha value is -3.21. The lowest BCUT2D eigenvalue weighted by Gasteiger charge is -2.36. The van der Waals surface area contributed by atoms with E-state index in [1.807, 2.05) is 4.90 Å². The van der Waals surface area contributed by atoms with Crippen LogP contribution >= 0.6 is 0 Å². The monoisotopic (exact) mass is 420 g/mol. The predicted octanol–water partition coefficient (Wildman–Crippen LogP) is 0.755. The molecule has 2 aromatic rings. The van der Waals surface area contributed by atoms with Gasteiger partial charge in [-0.1, -0.05) is 0 Å². The van der Waals surface area contributed by atoms with Crippen LogP contribution in [0.4, 0.5) is 21.6 Å². The van der Waals surface area contributed by atoms with E-state index in [0.717, 1.165) is 36.7 Å². The normalized spacial score (nSPS) is 14.7. The second kappa shape index (κ2) is 9.08. The summed E-state index contributed by atoms with van der Waals surface area (Å²) in [7, 11) is 3.12. The van der Waals surface area contributed by atoms with Crippen molar-refractivity contribution < 1.29 is 9.31 Å². The molecule has 2 heterocycles. The van der Waals surface area contributed by atoms with Gasteiger partial charge in [-0.15, -0.1) is 0 Å². The molecule has 0 radical (unpaired) electrons. The topological polar surface area (TPSA) is 106 Å². The smallest absolute Gasteiger partial charge is 0.332 e. The van der Waals surface area contributed by atoms with Gasteiger partial charge in [-0.05, 0) is 19.0 Å². The molecule has 30 heavy (non-hydrogen) atoms. The third-order valence-electron chi connectivity index (χ3n) is 5.33. The van der Waals surface area contributed by atoms with Crippen molar-refractivity contribution >= 4 is 17.2 Å². The molecular weight excluding hydrogens is 395 g/mol. The van der Waals surface area contributed by atoms with E-state index in [1.165, 1.54) is 29.8 Å². The fourth-order valence-electron chi connectivity index (χ4n) is 3.51. The quantitative estimate of drug-likeness (QED) is 0.400. The van der Waals surface area contributed by atoms with Crippen LogP contribution in [0, 0.1) is 15.9 Å². The van der Waals surface area contributed by atoms with Crippen LogP contribution in [0.25, 0.3) is 0 Å². The molecule has 0 amide bonds. The van der Waals surface area contributed by atoms with E-state index in [0.29, 0.717) is 25.5 Å². The van der Waals surface area contributed by atoms with Crippen molar-refractivity contribution in [1.82, 2.24) is 14.0 Å². The van der Waals surface area contributed by atoms with Crippen LogP contribution in [0.3, 0.4) is 0 Å². The van der Waals surface area contributed by atoms with Crippen molar-refractivity contribution in [3.05, 3.63) is 61.0 Å². The second-order valence-corrected chi connectivity index (χ2v) is 7.27. The van der Waals surface area contributed by atoms with Gasteiger partial charge in [0, 0.05) is 59.0 Å². The second-order valence-electron chi connectivity index (χ2n) is 7.27. The summed E-state index contributed by atoms with van der Waals surface area (Å²) in [5.41, 5.74) is -0.689. The molecule has 1 aromatic heterocycles. The Labute approximate surface area is 172 Å². The number of hydrogen-bond donors (Lipinski definition) is 1. The molecule has 3 rings (SSSR count). The number of benzene rings is 1. The molecular formula is C19H25FN6O4. The third kappa shape index (κ3) is 4.67. The highest BCUT2D eigenvalue weighted by Crippen LogP contribution is 2.20. The van der Waals surface area contributed by atoms with Crippen molar-refractivity contribution in [2.45, 2.75) is 6.42 Å². The SMILES string of the molecule is Cn1c(N2CCN(CCCNc3ccc([N+](=O)[O-])cc3F)CC2)cc(=O)n(C)c1=O. The highest BCUT2D eigenvalue weighted by atomic mass is 19.1. The van der Waals surface area contributed by atoms with E-state index in [-0.39, 0.29) is 22.6 Å². The van der Waals surface area contributed by atoms with E-state index < -0.39 is 10.7 Å². The number of piperazine rings is 1. The molecule has 0 aliphatic carbocycles. The molecule has 11 heteroatoms. The van der Waals surface area contributed by atoms with Crippen LogP contribution in [-0.4, -0.2) is 58.2 Å². The minimum absolute atomic E-state index is 0.247. The van der Waals surface area contributed by atoms with Gasteiger partial charge in [0.05, 0.1) is 16.7 Å². The van der Waals surface area contributed by atoms with Gasteiger partial charge < -0.3 is 10.2 Å². The fraction of sp³-hybridized carbons (Fsp3) is 0.474. The molecule has 1 aliphatic rings. The molecule has 1 saturated heterocycles. The minimum atomic E-state index is -0.641. The summed E-state index contributed by atoms with van der Waals surface area (Å²) in [6, 6.07) is 5.04. The van der Waals surface area contributed by atoms with Crippen molar-refractivity contribution in [3.8, 4) is 0 Å². The third-order valence-corrected chi connectivity index (χ3v) is 5.33. The fourth-order valence-corrected chi connectivity index (χ4v) is 3.51. The Morgan fingerprint density at radius 1 is 1.10 bits per heavy atom. The van der Waals surface area contributed by atoms with E-state index in [1.54, 1.807) is 7.05 Å². The van der Waals surface area contributed by atoms with Gasteiger partial charge in [-0.2, -0.15) is 0 Å². The van der Waals surface area contributed by atoms with E-state index in [9.17, 15) is 24.1 Å². The predicted molar refractivity (Wildman–Crippen MR) is 112 cm³/mol. The number of hydrogen-bond acceptors (Lipinski definition) is 7. The lowest BCUT2D eigenvalue weighted by molar-refractivity contribution is -0.385. The van der Waals surface area contributed by atoms with Crippen molar-refractivity contribution in [3.63, 3.8) is 0 Å². The van der Waals surface area contributed by atoms with Crippen LogP contribution in [0.2, 0.25) is 0 Å². The number of nitro groups is 1. The first-order valence-corrected chi connectivity index (χ1v) is 9.70. The molecule has 0 spiro atoms. The minimum Gasteiger partial charge on any atom is -0.383 e. The zero-order chi connectivity index (χ0) is 21.8. The molecule has 0 bridgehead atoms. The largest absolute Gasteiger partial charge is 0.383 e. The van der Waals surface area contributed by atoms with Crippen LogP contribution in [-0.2, 0) is 14.1 Å². The Balaban J connectivity index is 1.46. The van der Waals surface area contributed by atoms with Gasteiger partial charge in [0.15, 0.2) is 5.82 Å². The number of nitrogens with one attached hydrogen (secondary N) is 1. The number of anilines is 2. The summed E-state index contributed by atoms with van der Waals surface area (Å²) in [4.78, 5) is 38.4. The van der Waals surface area contributed by atoms with E-state index in [4.69, 9.17) is 0 Å². The van der Waals surface area contributed by atoms with Crippen LogP contribution in [0.1, 0.15) is 6.42 Å². The van der Waals surface area contributed by atoms with Gasteiger partial charge >= 0.3 is 5.69 Å². The van der Waals surface area contributed by atoms with Gasteiger partial charge in [0.2, 0.25) is 0 Å². The number of halogens is 1. The zero-order valence-corrected chi connectivity index (χ0v) is 17.0. The van der Waals surface area contributed by atoms with Gasteiger partial charge in [-0.3, -0.25) is 28.9 Å². The molecule has 1 fully saturated rings. The Morgan fingerprint density at radius 2 is 1.80 bits per heavy atom. The average molecular weight is 420 g/mol. The summed E-state index contributed by atoms with van der Waals surface area (Å²) >= 11 is 0. The van der Waals surface area contributed by atoms with Crippen LogP contribution in [0.15, 0.2) is 33.9 Å². The number of aromatic nitrogens is 2. The lowest BCUT2D eigenvalue weighted by atomic mass is 10.2. The zero-order valence-electron chi connectivity index (χ0n) is 17.0. The maximum absolute atomic E-state index is 13.9. The lowest BCUT2D eigenvalue weighted by Crippen LogP contribution is -2.49. The summed E-state index contributed by atoms with van der Waals surface area (Å²) in [6.07, 6.45) is 0.779. The van der Waals surface area contributed by atoms with E-state index in [2.05, 4.69) is 10.2 Å². The molecule has 1 N–H and O–H groups in total. The Bertz CT molecular complexity index is 1040. The summed E-state index contributed by atoms with van der Waals surface area (Å²) < 4.78 is 16.4. The highest BCUT2D eigenvalue weighted by Gasteiger charge is 2.20. The molecule has 0 saturated carbocycles. The molecule has 1 aromatic carbocycles. The number of non-ortho nitro benzene ring substituents is 1. The van der Waals surface area contributed by atoms with Crippen molar-refractivity contribution in [2.75, 3.05) is 49.5 Å². The number of nitro benzene ring substituents is 1.